The number of alkyl halides is 3. The van der Waals surface area contributed by atoms with Crippen LogP contribution in [0.3, 0.4) is 0 Å². The molecule has 0 unspecified atom stereocenters. The number of carbonyl (C=O) groups excluding carboxylic acids is 1. The molecule has 1 aromatic carbocycles. The van der Waals surface area contributed by atoms with E-state index in [1.165, 1.54) is 19.2 Å². The zero-order valence-electron chi connectivity index (χ0n) is 11.3. The van der Waals surface area contributed by atoms with E-state index < -0.39 is 29.0 Å². The molecule has 1 aliphatic rings. The maximum Gasteiger partial charge on any atom is 0.416 e. The van der Waals surface area contributed by atoms with E-state index in [2.05, 4.69) is 0 Å². The maximum atomic E-state index is 12.6. The van der Waals surface area contributed by atoms with Crippen molar-refractivity contribution < 1.29 is 27.9 Å². The van der Waals surface area contributed by atoms with Crippen molar-refractivity contribution in [2.45, 2.75) is 25.6 Å². The third-order valence-electron chi connectivity index (χ3n) is 3.59. The average Bonchev–Trinajstić information content (AvgIpc) is 3.18. The Morgan fingerprint density at radius 3 is 2.43 bits per heavy atom. The van der Waals surface area contributed by atoms with Crippen LogP contribution in [0.15, 0.2) is 24.3 Å². The van der Waals surface area contributed by atoms with Crippen molar-refractivity contribution in [2.75, 3.05) is 7.05 Å². The zero-order chi connectivity index (χ0) is 15.8. The van der Waals surface area contributed by atoms with Gasteiger partial charge in [-0.2, -0.15) is 13.2 Å². The van der Waals surface area contributed by atoms with Crippen LogP contribution in [0.1, 0.15) is 24.0 Å². The second-order valence-electron chi connectivity index (χ2n) is 5.25. The summed E-state index contributed by atoms with van der Waals surface area (Å²) in [5, 5.41) is 9.04. The lowest BCUT2D eigenvalue weighted by molar-refractivity contribution is -0.153. The van der Waals surface area contributed by atoms with E-state index in [1.54, 1.807) is 0 Å². The predicted molar refractivity (Wildman–Crippen MR) is 67.2 cm³/mol. The summed E-state index contributed by atoms with van der Waals surface area (Å²) in [5.74, 6) is -1.74. The van der Waals surface area contributed by atoms with Gasteiger partial charge in [0.05, 0.1) is 5.56 Å². The first-order valence-electron chi connectivity index (χ1n) is 6.32. The molecular formula is C14H14F3NO3. The fourth-order valence-electron chi connectivity index (χ4n) is 2.20. The lowest BCUT2D eigenvalue weighted by Crippen LogP contribution is -2.38. The van der Waals surface area contributed by atoms with E-state index in [-0.39, 0.29) is 19.4 Å². The molecule has 1 N–H and O–H groups in total. The van der Waals surface area contributed by atoms with Crippen LogP contribution in [-0.2, 0) is 22.3 Å². The number of carbonyl (C=O) groups is 2. The molecule has 0 atom stereocenters. The Bertz CT molecular complexity index is 579. The van der Waals surface area contributed by atoms with Gasteiger partial charge in [-0.15, -0.1) is 0 Å². The Kier molecular flexibility index (Phi) is 3.69. The molecule has 4 nitrogen and oxygen atoms in total. The molecule has 0 spiro atoms. The molecule has 21 heavy (non-hydrogen) atoms. The van der Waals surface area contributed by atoms with Gasteiger partial charge in [-0.1, -0.05) is 12.1 Å². The van der Waals surface area contributed by atoms with E-state index in [0.717, 1.165) is 17.0 Å². The molecular weight excluding hydrogens is 287 g/mol. The molecule has 2 rings (SSSR count). The van der Waals surface area contributed by atoms with Crippen molar-refractivity contribution in [2.24, 2.45) is 5.41 Å². The Labute approximate surface area is 119 Å². The number of rotatable bonds is 4. The minimum absolute atomic E-state index is 0.0578. The van der Waals surface area contributed by atoms with E-state index in [0.29, 0.717) is 5.56 Å². The smallest absolute Gasteiger partial charge is 0.416 e. The number of hydrogen-bond acceptors (Lipinski definition) is 2. The molecule has 1 amide bonds. The molecule has 0 saturated heterocycles. The number of halogens is 3. The minimum atomic E-state index is -4.45. The molecule has 1 aromatic rings. The highest BCUT2D eigenvalue weighted by Gasteiger charge is 2.58. The van der Waals surface area contributed by atoms with Crippen LogP contribution < -0.4 is 0 Å². The van der Waals surface area contributed by atoms with E-state index in [9.17, 15) is 22.8 Å². The number of benzene rings is 1. The molecule has 1 saturated carbocycles. The third kappa shape index (κ3) is 3.01. The Morgan fingerprint density at radius 1 is 1.33 bits per heavy atom. The molecule has 0 heterocycles. The number of aliphatic carboxylic acids is 1. The standard InChI is InChI=1S/C14H14F3NO3/c1-18(11(19)13(5-6-13)12(20)21)8-9-3-2-4-10(7-9)14(15,16)17/h2-4,7H,5-6,8H2,1H3,(H,20,21). The molecule has 0 aromatic heterocycles. The molecule has 1 fully saturated rings. The Morgan fingerprint density at radius 2 is 1.95 bits per heavy atom. The molecule has 7 heteroatoms. The third-order valence-corrected chi connectivity index (χ3v) is 3.59. The molecule has 0 bridgehead atoms. The minimum Gasteiger partial charge on any atom is -0.480 e. The van der Waals surface area contributed by atoms with Crippen LogP contribution in [0.5, 0.6) is 0 Å². The Hall–Kier alpha value is -2.05. The maximum absolute atomic E-state index is 12.6. The molecule has 0 radical (unpaired) electrons. The number of carboxylic acid groups (broad SMARTS) is 1. The summed E-state index contributed by atoms with van der Waals surface area (Å²) >= 11 is 0. The van der Waals surface area contributed by atoms with Crippen molar-refractivity contribution in [1.82, 2.24) is 4.90 Å². The van der Waals surface area contributed by atoms with Gasteiger partial charge in [-0.3, -0.25) is 9.59 Å². The number of nitrogens with zero attached hydrogens (tertiary/aromatic N) is 1. The van der Waals surface area contributed by atoms with Crippen molar-refractivity contribution in [3.63, 3.8) is 0 Å². The monoisotopic (exact) mass is 301 g/mol. The first-order valence-corrected chi connectivity index (χ1v) is 6.32. The summed E-state index contributed by atoms with van der Waals surface area (Å²) < 4.78 is 37.8. The Balaban J connectivity index is 2.12. The lowest BCUT2D eigenvalue weighted by Gasteiger charge is -2.21. The van der Waals surface area contributed by atoms with Gasteiger partial charge in [-0.05, 0) is 30.5 Å². The number of amides is 1. The summed E-state index contributed by atoms with van der Waals surface area (Å²) in [4.78, 5) is 24.3. The summed E-state index contributed by atoms with van der Waals surface area (Å²) in [6.45, 7) is -0.0578. The second kappa shape index (κ2) is 5.05. The van der Waals surface area contributed by atoms with Crippen LogP contribution in [0, 0.1) is 5.41 Å². The molecule has 114 valence electrons. The van der Waals surface area contributed by atoms with Gasteiger partial charge in [-0.25, -0.2) is 0 Å². The van der Waals surface area contributed by atoms with Crippen molar-refractivity contribution >= 4 is 11.9 Å². The summed E-state index contributed by atoms with van der Waals surface area (Å²) in [7, 11) is 1.39. The molecule has 1 aliphatic carbocycles. The quantitative estimate of drug-likeness (QED) is 0.869. The van der Waals surface area contributed by atoms with Gasteiger partial charge >= 0.3 is 12.1 Å². The van der Waals surface area contributed by atoms with Crippen LogP contribution in [0.4, 0.5) is 13.2 Å². The first kappa shape index (κ1) is 15.3. The van der Waals surface area contributed by atoms with Crippen molar-refractivity contribution in [3.8, 4) is 0 Å². The van der Waals surface area contributed by atoms with Gasteiger partial charge in [0.1, 0.15) is 5.41 Å². The van der Waals surface area contributed by atoms with Gasteiger partial charge < -0.3 is 10.0 Å². The summed E-state index contributed by atoms with van der Waals surface area (Å²) in [6.07, 6.45) is -3.90. The topological polar surface area (TPSA) is 57.6 Å². The predicted octanol–water partition coefficient (Wildman–Crippen LogP) is 2.53. The van der Waals surface area contributed by atoms with Crippen LogP contribution in [0.25, 0.3) is 0 Å². The van der Waals surface area contributed by atoms with Gasteiger partial charge in [0.2, 0.25) is 5.91 Å². The SMILES string of the molecule is CN(Cc1cccc(C(F)(F)F)c1)C(=O)C1(C(=O)O)CC1. The average molecular weight is 301 g/mol. The highest BCUT2D eigenvalue weighted by atomic mass is 19.4. The lowest BCUT2D eigenvalue weighted by atomic mass is 10.1. The number of hydrogen-bond donors (Lipinski definition) is 1. The largest absolute Gasteiger partial charge is 0.480 e. The normalized spacial score (nSPS) is 16.4. The van der Waals surface area contributed by atoms with Gasteiger partial charge in [0, 0.05) is 13.6 Å². The highest BCUT2D eigenvalue weighted by Crippen LogP contribution is 2.47. The summed E-state index contributed by atoms with van der Waals surface area (Å²) in [6, 6.07) is 4.65. The zero-order valence-corrected chi connectivity index (χ0v) is 11.3. The summed E-state index contributed by atoms with van der Waals surface area (Å²) in [5.41, 5.74) is -1.86. The van der Waals surface area contributed by atoms with E-state index in [4.69, 9.17) is 5.11 Å². The van der Waals surface area contributed by atoms with Gasteiger partial charge in [0.25, 0.3) is 0 Å². The van der Waals surface area contributed by atoms with Crippen molar-refractivity contribution in [3.05, 3.63) is 35.4 Å². The van der Waals surface area contributed by atoms with E-state index >= 15 is 0 Å². The van der Waals surface area contributed by atoms with Gasteiger partial charge in [0.15, 0.2) is 0 Å². The van der Waals surface area contributed by atoms with Crippen molar-refractivity contribution in [1.29, 1.82) is 0 Å². The van der Waals surface area contributed by atoms with Crippen LogP contribution in [0.2, 0.25) is 0 Å². The fraction of sp³-hybridized carbons (Fsp3) is 0.429. The number of carboxylic acids is 1. The first-order chi connectivity index (χ1) is 9.67. The fourth-order valence-corrected chi connectivity index (χ4v) is 2.20. The van der Waals surface area contributed by atoms with Crippen LogP contribution >= 0.6 is 0 Å². The second-order valence-corrected chi connectivity index (χ2v) is 5.25. The highest BCUT2D eigenvalue weighted by molar-refractivity contribution is 6.04. The van der Waals surface area contributed by atoms with E-state index in [1.807, 2.05) is 0 Å². The molecule has 0 aliphatic heterocycles. The van der Waals surface area contributed by atoms with Crippen LogP contribution in [-0.4, -0.2) is 28.9 Å².